The van der Waals surface area contributed by atoms with Crippen LogP contribution in [0.5, 0.6) is 0 Å². The van der Waals surface area contributed by atoms with Crippen LogP contribution in [0.2, 0.25) is 0 Å². The summed E-state index contributed by atoms with van der Waals surface area (Å²) in [5, 5.41) is 8.87. The molecule has 27 heavy (non-hydrogen) atoms. The van der Waals surface area contributed by atoms with Crippen molar-refractivity contribution in [2.24, 2.45) is 5.92 Å². The van der Waals surface area contributed by atoms with E-state index >= 15 is 0 Å². The second-order valence-corrected chi connectivity index (χ2v) is 7.76. The summed E-state index contributed by atoms with van der Waals surface area (Å²) in [5.41, 5.74) is 1.73. The minimum absolute atomic E-state index is 0.00325. The zero-order chi connectivity index (χ0) is 19.2. The molecule has 142 valence electrons. The van der Waals surface area contributed by atoms with Gasteiger partial charge >= 0.3 is 0 Å². The highest BCUT2D eigenvalue weighted by atomic mass is 19.1. The van der Waals surface area contributed by atoms with Crippen LogP contribution in [0.1, 0.15) is 75.3 Å². The molecule has 1 aliphatic rings. The smallest absolute Gasteiger partial charge is 0.134 e. The van der Waals surface area contributed by atoms with Crippen LogP contribution in [-0.4, -0.2) is 0 Å². The van der Waals surface area contributed by atoms with Crippen LogP contribution >= 0.6 is 0 Å². The minimum atomic E-state index is -0.514. The normalized spacial score (nSPS) is 19.6. The van der Waals surface area contributed by atoms with E-state index in [1.165, 1.54) is 37.8 Å². The third-order valence-corrected chi connectivity index (χ3v) is 5.90. The molecule has 0 aliphatic heterocycles. The molecule has 0 unspecified atom stereocenters. The van der Waals surface area contributed by atoms with E-state index in [-0.39, 0.29) is 11.5 Å². The van der Waals surface area contributed by atoms with Gasteiger partial charge in [-0.15, -0.1) is 0 Å². The van der Waals surface area contributed by atoms with Gasteiger partial charge in [-0.3, -0.25) is 0 Å². The van der Waals surface area contributed by atoms with Crippen LogP contribution in [0.3, 0.4) is 0 Å². The lowest BCUT2D eigenvalue weighted by Gasteiger charge is -2.29. The highest BCUT2D eigenvalue weighted by molar-refractivity contribution is 5.66. The lowest BCUT2D eigenvalue weighted by Crippen LogP contribution is -2.14. The molecule has 1 aliphatic carbocycles. The van der Waals surface area contributed by atoms with Crippen molar-refractivity contribution in [3.8, 4) is 17.2 Å². The molecule has 0 radical (unpaired) electrons. The fourth-order valence-electron chi connectivity index (χ4n) is 4.28. The second kappa shape index (κ2) is 9.13. The Balaban J connectivity index is 1.71. The Bertz CT molecular complexity index is 773. The zero-order valence-corrected chi connectivity index (χ0v) is 16.0. The quantitative estimate of drug-likeness (QED) is 0.489. The third-order valence-electron chi connectivity index (χ3n) is 5.90. The molecule has 0 bridgehead atoms. The summed E-state index contributed by atoms with van der Waals surface area (Å²) in [6.45, 7) is 2.22. The number of benzene rings is 2. The Kier molecular flexibility index (Phi) is 6.61. The van der Waals surface area contributed by atoms with Gasteiger partial charge in [-0.05, 0) is 72.9 Å². The SMILES string of the molecule is CCCCCC1CCC(c2cc(F)c(-c3ccc(C#N)cc3)c(F)c2)CC1. The Morgan fingerprint density at radius 2 is 1.59 bits per heavy atom. The summed E-state index contributed by atoms with van der Waals surface area (Å²) in [5.74, 6) is 0.00594. The summed E-state index contributed by atoms with van der Waals surface area (Å²) in [4.78, 5) is 0. The third kappa shape index (κ3) is 4.75. The monoisotopic (exact) mass is 367 g/mol. The molecule has 2 aromatic carbocycles. The van der Waals surface area contributed by atoms with Crippen LogP contribution in [0.25, 0.3) is 11.1 Å². The molecule has 0 atom stereocenters. The van der Waals surface area contributed by atoms with Gasteiger partial charge in [-0.25, -0.2) is 8.78 Å². The number of hydrogen-bond acceptors (Lipinski definition) is 1. The fourth-order valence-corrected chi connectivity index (χ4v) is 4.28. The molecule has 1 saturated carbocycles. The van der Waals surface area contributed by atoms with Crippen molar-refractivity contribution in [3.05, 3.63) is 59.2 Å². The summed E-state index contributed by atoms with van der Waals surface area (Å²) in [7, 11) is 0. The maximum Gasteiger partial charge on any atom is 0.134 e. The molecule has 3 rings (SSSR count). The molecular weight excluding hydrogens is 340 g/mol. The van der Waals surface area contributed by atoms with Crippen molar-refractivity contribution in [3.63, 3.8) is 0 Å². The molecular formula is C24H27F2N. The number of hydrogen-bond donors (Lipinski definition) is 0. The molecule has 1 nitrogen and oxygen atoms in total. The van der Waals surface area contributed by atoms with E-state index in [4.69, 9.17) is 5.26 Å². The van der Waals surface area contributed by atoms with Gasteiger partial charge in [0.05, 0.1) is 17.2 Å². The van der Waals surface area contributed by atoms with Crippen LogP contribution in [0, 0.1) is 28.9 Å². The van der Waals surface area contributed by atoms with Crippen molar-refractivity contribution in [2.75, 3.05) is 0 Å². The van der Waals surface area contributed by atoms with Crippen molar-refractivity contribution < 1.29 is 8.78 Å². The van der Waals surface area contributed by atoms with Gasteiger partial charge in [-0.1, -0.05) is 44.7 Å². The molecule has 1 fully saturated rings. The lowest BCUT2D eigenvalue weighted by atomic mass is 9.77. The highest BCUT2D eigenvalue weighted by Crippen LogP contribution is 2.39. The summed E-state index contributed by atoms with van der Waals surface area (Å²) in [6, 6.07) is 11.4. The van der Waals surface area contributed by atoms with E-state index in [2.05, 4.69) is 6.92 Å². The maximum absolute atomic E-state index is 14.7. The Morgan fingerprint density at radius 1 is 0.963 bits per heavy atom. The Morgan fingerprint density at radius 3 is 2.15 bits per heavy atom. The van der Waals surface area contributed by atoms with E-state index in [0.717, 1.165) is 37.2 Å². The maximum atomic E-state index is 14.7. The van der Waals surface area contributed by atoms with E-state index in [9.17, 15) is 8.78 Å². The first kappa shape index (κ1) is 19.5. The Labute approximate surface area is 161 Å². The van der Waals surface area contributed by atoms with Crippen LogP contribution in [0.15, 0.2) is 36.4 Å². The predicted octanol–water partition coefficient (Wildman–Crippen LogP) is 7.36. The van der Waals surface area contributed by atoms with Crippen LogP contribution < -0.4 is 0 Å². The van der Waals surface area contributed by atoms with Crippen LogP contribution in [0.4, 0.5) is 8.78 Å². The van der Waals surface area contributed by atoms with Gasteiger partial charge < -0.3 is 0 Å². The molecule has 0 saturated heterocycles. The zero-order valence-electron chi connectivity index (χ0n) is 16.0. The van der Waals surface area contributed by atoms with Gasteiger partial charge in [-0.2, -0.15) is 5.26 Å². The van der Waals surface area contributed by atoms with Crippen molar-refractivity contribution in [2.45, 2.75) is 64.2 Å². The first-order valence-corrected chi connectivity index (χ1v) is 10.1. The molecule has 0 spiro atoms. The Hall–Kier alpha value is -2.21. The summed E-state index contributed by atoms with van der Waals surface area (Å²) >= 11 is 0. The molecule has 0 amide bonds. The first-order chi connectivity index (χ1) is 13.1. The van der Waals surface area contributed by atoms with Crippen LogP contribution in [-0.2, 0) is 0 Å². The average Bonchev–Trinajstić information content (AvgIpc) is 2.69. The number of rotatable bonds is 6. The minimum Gasteiger partial charge on any atom is -0.206 e. The molecule has 2 aromatic rings. The summed E-state index contributed by atoms with van der Waals surface area (Å²) in [6.07, 6.45) is 9.50. The van der Waals surface area contributed by atoms with Crippen molar-refractivity contribution in [1.82, 2.24) is 0 Å². The number of halogens is 2. The molecule has 0 heterocycles. The average molecular weight is 367 g/mol. The molecule has 0 aromatic heterocycles. The second-order valence-electron chi connectivity index (χ2n) is 7.76. The standard InChI is InChI=1S/C24H27F2N/c1-2-3-4-5-17-6-10-19(11-7-17)21-14-22(25)24(23(26)15-21)20-12-8-18(16-27)9-13-20/h8-9,12-15,17,19H,2-7,10-11H2,1H3. The van der Waals surface area contributed by atoms with Crippen molar-refractivity contribution >= 4 is 0 Å². The van der Waals surface area contributed by atoms with Gasteiger partial charge in [0, 0.05) is 0 Å². The van der Waals surface area contributed by atoms with Gasteiger partial charge in [0.25, 0.3) is 0 Å². The fraction of sp³-hybridized carbons (Fsp3) is 0.458. The van der Waals surface area contributed by atoms with Crippen molar-refractivity contribution in [1.29, 1.82) is 5.26 Å². The van der Waals surface area contributed by atoms with E-state index in [0.29, 0.717) is 11.1 Å². The number of nitrogens with zero attached hydrogens (tertiary/aromatic N) is 1. The van der Waals surface area contributed by atoms with Gasteiger partial charge in [0.1, 0.15) is 11.6 Å². The largest absolute Gasteiger partial charge is 0.206 e. The number of nitriles is 1. The van der Waals surface area contributed by atoms with E-state index in [1.807, 2.05) is 6.07 Å². The highest BCUT2D eigenvalue weighted by Gasteiger charge is 2.24. The first-order valence-electron chi connectivity index (χ1n) is 10.1. The lowest BCUT2D eigenvalue weighted by molar-refractivity contribution is 0.302. The van der Waals surface area contributed by atoms with Gasteiger partial charge in [0.2, 0.25) is 0 Å². The van der Waals surface area contributed by atoms with E-state index in [1.54, 1.807) is 24.3 Å². The van der Waals surface area contributed by atoms with Gasteiger partial charge in [0.15, 0.2) is 0 Å². The summed E-state index contributed by atoms with van der Waals surface area (Å²) < 4.78 is 29.4. The predicted molar refractivity (Wildman–Crippen MR) is 105 cm³/mol. The van der Waals surface area contributed by atoms with E-state index < -0.39 is 11.6 Å². The molecule has 0 N–H and O–H groups in total. The topological polar surface area (TPSA) is 23.8 Å². The number of unbranched alkanes of at least 4 members (excludes halogenated alkanes) is 2. The molecule has 3 heteroatoms.